The number of benzene rings is 3. The first kappa shape index (κ1) is 27.9. The van der Waals surface area contributed by atoms with Crippen LogP contribution in [0.1, 0.15) is 60.9 Å². The molecule has 7 nitrogen and oxygen atoms in total. The standard InChI is InChI=1S/C32H36N2O5/c33-31(37)29(19-20-30(35)36)34(21-23-7-3-1-4-8-23)32(38)27-13-11-25(12-14-27)26-15-17-28(18-16-26)39-22-24-9-5-2-6-10-24/h1,3-4,7-8,11-18,24,29H,2,5-6,9-10,19-22H2,(H2,33,37)(H,35,36)/t29-/m0/s1. The van der Waals surface area contributed by atoms with Crippen molar-refractivity contribution in [2.24, 2.45) is 11.7 Å². The summed E-state index contributed by atoms with van der Waals surface area (Å²) in [5.41, 5.74) is 8.78. The minimum atomic E-state index is -1.05. The van der Waals surface area contributed by atoms with Gasteiger partial charge in [-0.2, -0.15) is 0 Å². The van der Waals surface area contributed by atoms with Crippen molar-refractivity contribution in [1.29, 1.82) is 0 Å². The van der Waals surface area contributed by atoms with Gasteiger partial charge in [-0.1, -0.05) is 73.9 Å². The highest BCUT2D eigenvalue weighted by molar-refractivity contribution is 5.97. The Labute approximate surface area is 229 Å². The maximum Gasteiger partial charge on any atom is 0.303 e. The average molecular weight is 529 g/mol. The van der Waals surface area contributed by atoms with Crippen molar-refractivity contribution >= 4 is 17.8 Å². The number of carbonyl (C=O) groups excluding carboxylic acids is 2. The summed E-state index contributed by atoms with van der Waals surface area (Å²) in [6.07, 6.45) is 6.07. The average Bonchev–Trinajstić information content (AvgIpc) is 2.96. The van der Waals surface area contributed by atoms with Gasteiger partial charge in [-0.05, 0) is 66.1 Å². The number of carboxylic acid groups (broad SMARTS) is 1. The lowest BCUT2D eigenvalue weighted by Crippen LogP contribution is -2.47. The van der Waals surface area contributed by atoms with Crippen molar-refractivity contribution in [2.75, 3.05) is 6.61 Å². The Morgan fingerprint density at radius 1 is 0.872 bits per heavy atom. The number of carboxylic acids is 1. The molecule has 0 spiro atoms. The van der Waals surface area contributed by atoms with Gasteiger partial charge in [-0.3, -0.25) is 14.4 Å². The van der Waals surface area contributed by atoms with Crippen molar-refractivity contribution < 1.29 is 24.2 Å². The van der Waals surface area contributed by atoms with Crippen molar-refractivity contribution in [3.05, 3.63) is 90.0 Å². The van der Waals surface area contributed by atoms with Crippen LogP contribution in [0.3, 0.4) is 0 Å². The van der Waals surface area contributed by atoms with E-state index in [0.717, 1.165) is 29.0 Å². The van der Waals surface area contributed by atoms with E-state index in [1.165, 1.54) is 37.0 Å². The number of ether oxygens (including phenoxy) is 1. The lowest BCUT2D eigenvalue weighted by atomic mass is 9.90. The Balaban J connectivity index is 1.47. The third-order valence-electron chi connectivity index (χ3n) is 7.32. The predicted octanol–water partition coefficient (Wildman–Crippen LogP) is 5.67. The Bertz CT molecular complexity index is 1240. The summed E-state index contributed by atoms with van der Waals surface area (Å²) in [7, 11) is 0. The van der Waals surface area contributed by atoms with Crippen molar-refractivity contribution in [1.82, 2.24) is 4.90 Å². The highest BCUT2D eigenvalue weighted by Crippen LogP contribution is 2.27. The lowest BCUT2D eigenvalue weighted by molar-refractivity contribution is -0.137. The molecule has 0 saturated heterocycles. The van der Waals surface area contributed by atoms with Crippen LogP contribution in [-0.2, 0) is 16.1 Å². The molecular weight excluding hydrogens is 492 g/mol. The summed E-state index contributed by atoms with van der Waals surface area (Å²) in [6, 6.07) is 23.3. The zero-order valence-electron chi connectivity index (χ0n) is 22.1. The molecule has 1 atom stereocenters. The van der Waals surface area contributed by atoms with E-state index in [1.54, 1.807) is 12.1 Å². The maximum atomic E-state index is 13.6. The molecule has 0 heterocycles. The minimum absolute atomic E-state index is 0.0590. The Morgan fingerprint density at radius 3 is 2.08 bits per heavy atom. The summed E-state index contributed by atoms with van der Waals surface area (Å²) in [5.74, 6) is -0.674. The maximum absolute atomic E-state index is 13.6. The number of aliphatic carboxylic acids is 1. The van der Waals surface area contributed by atoms with E-state index in [1.807, 2.05) is 66.7 Å². The fourth-order valence-corrected chi connectivity index (χ4v) is 5.10. The van der Waals surface area contributed by atoms with Gasteiger partial charge >= 0.3 is 5.97 Å². The first-order chi connectivity index (χ1) is 18.9. The van der Waals surface area contributed by atoms with Gasteiger partial charge in [0.25, 0.3) is 5.91 Å². The second-order valence-electron chi connectivity index (χ2n) is 10.2. The Hall–Kier alpha value is -4.13. The zero-order valence-corrected chi connectivity index (χ0v) is 22.1. The number of nitrogens with two attached hydrogens (primary N) is 1. The quantitative estimate of drug-likeness (QED) is 0.315. The van der Waals surface area contributed by atoms with Crippen LogP contribution in [0.15, 0.2) is 78.9 Å². The molecule has 3 N–H and O–H groups in total. The SMILES string of the molecule is NC(=O)[C@H](CCC(=O)O)N(Cc1ccccc1)C(=O)c1ccc(-c2ccc(OCC3CCCCC3)cc2)cc1. The molecule has 3 aromatic carbocycles. The Kier molecular flexibility index (Phi) is 9.73. The smallest absolute Gasteiger partial charge is 0.303 e. The van der Waals surface area contributed by atoms with Crippen LogP contribution >= 0.6 is 0 Å². The molecule has 1 fully saturated rings. The van der Waals surface area contributed by atoms with Crippen LogP contribution in [0, 0.1) is 5.92 Å². The van der Waals surface area contributed by atoms with Crippen LogP contribution in [0.5, 0.6) is 5.75 Å². The number of rotatable bonds is 12. The molecular formula is C32H36N2O5. The molecule has 1 aliphatic carbocycles. The number of hydrogen-bond acceptors (Lipinski definition) is 4. The fourth-order valence-electron chi connectivity index (χ4n) is 5.10. The van der Waals surface area contributed by atoms with Gasteiger partial charge in [0.1, 0.15) is 11.8 Å². The molecule has 0 aliphatic heterocycles. The zero-order chi connectivity index (χ0) is 27.6. The van der Waals surface area contributed by atoms with Crippen LogP contribution in [0.4, 0.5) is 0 Å². The second kappa shape index (κ2) is 13.6. The molecule has 7 heteroatoms. The molecule has 1 saturated carbocycles. The van der Waals surface area contributed by atoms with Crippen LogP contribution in [0.25, 0.3) is 11.1 Å². The predicted molar refractivity (Wildman–Crippen MR) is 150 cm³/mol. The highest BCUT2D eigenvalue weighted by atomic mass is 16.5. The van der Waals surface area contributed by atoms with Gasteiger partial charge in [-0.15, -0.1) is 0 Å². The molecule has 0 aromatic heterocycles. The van der Waals surface area contributed by atoms with Crippen molar-refractivity contribution in [3.63, 3.8) is 0 Å². The number of nitrogens with zero attached hydrogens (tertiary/aromatic N) is 1. The molecule has 39 heavy (non-hydrogen) atoms. The van der Waals surface area contributed by atoms with Crippen LogP contribution in [0.2, 0.25) is 0 Å². The minimum Gasteiger partial charge on any atom is -0.493 e. The first-order valence-corrected chi connectivity index (χ1v) is 13.6. The summed E-state index contributed by atoms with van der Waals surface area (Å²) in [4.78, 5) is 38.5. The highest BCUT2D eigenvalue weighted by Gasteiger charge is 2.29. The second-order valence-corrected chi connectivity index (χ2v) is 10.2. The summed E-state index contributed by atoms with van der Waals surface area (Å²) in [5, 5.41) is 9.15. The van der Waals surface area contributed by atoms with E-state index in [9.17, 15) is 14.4 Å². The Morgan fingerprint density at radius 2 is 1.49 bits per heavy atom. The van der Waals surface area contributed by atoms with E-state index < -0.39 is 17.9 Å². The topological polar surface area (TPSA) is 110 Å². The summed E-state index contributed by atoms with van der Waals surface area (Å²) < 4.78 is 6.01. The first-order valence-electron chi connectivity index (χ1n) is 13.6. The molecule has 4 rings (SSSR count). The number of primary amides is 1. The third kappa shape index (κ3) is 7.93. The molecule has 0 unspecified atom stereocenters. The number of hydrogen-bond donors (Lipinski definition) is 2. The van der Waals surface area contributed by atoms with E-state index in [2.05, 4.69) is 0 Å². The van der Waals surface area contributed by atoms with Gasteiger partial charge in [0, 0.05) is 18.5 Å². The van der Waals surface area contributed by atoms with Gasteiger partial charge in [0.05, 0.1) is 6.61 Å². The van der Waals surface area contributed by atoms with E-state index in [4.69, 9.17) is 15.6 Å². The monoisotopic (exact) mass is 528 g/mol. The van der Waals surface area contributed by atoms with Crippen LogP contribution < -0.4 is 10.5 Å². The number of amides is 2. The van der Waals surface area contributed by atoms with E-state index in [0.29, 0.717) is 11.5 Å². The van der Waals surface area contributed by atoms with Crippen molar-refractivity contribution in [3.8, 4) is 16.9 Å². The van der Waals surface area contributed by atoms with Gasteiger partial charge in [0.15, 0.2) is 0 Å². The van der Waals surface area contributed by atoms with Gasteiger partial charge in [-0.25, -0.2) is 0 Å². The summed E-state index contributed by atoms with van der Waals surface area (Å²) >= 11 is 0. The fraction of sp³-hybridized carbons (Fsp3) is 0.344. The summed E-state index contributed by atoms with van der Waals surface area (Å²) in [6.45, 7) is 0.894. The van der Waals surface area contributed by atoms with Crippen molar-refractivity contribution in [2.45, 2.75) is 57.5 Å². The van der Waals surface area contributed by atoms with Crippen LogP contribution in [-0.4, -0.2) is 40.4 Å². The van der Waals surface area contributed by atoms with Gasteiger partial charge < -0.3 is 20.5 Å². The third-order valence-corrected chi connectivity index (χ3v) is 7.32. The molecule has 2 amide bonds. The molecule has 0 bridgehead atoms. The van der Waals surface area contributed by atoms with E-state index >= 15 is 0 Å². The normalized spacial score (nSPS) is 14.4. The molecule has 0 radical (unpaired) electrons. The molecule has 3 aromatic rings. The number of carbonyl (C=O) groups is 3. The lowest BCUT2D eigenvalue weighted by Gasteiger charge is -2.30. The van der Waals surface area contributed by atoms with E-state index in [-0.39, 0.29) is 25.3 Å². The van der Waals surface area contributed by atoms with Gasteiger partial charge in [0.2, 0.25) is 5.91 Å². The largest absolute Gasteiger partial charge is 0.493 e. The molecule has 204 valence electrons. The molecule has 1 aliphatic rings.